The van der Waals surface area contributed by atoms with Crippen molar-refractivity contribution in [3.05, 3.63) is 136 Å². The number of nitrogens with zero attached hydrogens (tertiary/aromatic N) is 1. The average Bonchev–Trinajstić information content (AvgIpc) is 2.94. The molecule has 0 aliphatic rings. The third-order valence-corrected chi connectivity index (χ3v) is 6.36. The zero-order valence-electron chi connectivity index (χ0n) is 20.6. The Labute approximate surface area is 222 Å². The monoisotopic (exact) mass is 512 g/mol. The van der Waals surface area contributed by atoms with Crippen molar-refractivity contribution in [2.24, 2.45) is 0 Å². The number of rotatable bonds is 10. The van der Waals surface area contributed by atoms with Crippen LogP contribution in [0.5, 0.6) is 5.75 Å². The van der Waals surface area contributed by atoms with Crippen LogP contribution in [-0.4, -0.2) is 23.8 Å². The van der Waals surface area contributed by atoms with Crippen LogP contribution in [-0.2, 0) is 29.1 Å². The van der Waals surface area contributed by atoms with Gasteiger partial charge in [0.25, 0.3) is 0 Å². The maximum absolute atomic E-state index is 13.8. The summed E-state index contributed by atoms with van der Waals surface area (Å²) in [5, 5.41) is 3.64. The van der Waals surface area contributed by atoms with Crippen molar-refractivity contribution in [2.75, 3.05) is 7.11 Å². The predicted molar refractivity (Wildman–Crippen MR) is 146 cm³/mol. The number of benzene rings is 4. The molecule has 0 unspecified atom stereocenters. The molecular weight excluding hydrogens is 484 g/mol. The summed E-state index contributed by atoms with van der Waals surface area (Å²) in [7, 11) is 1.60. The van der Waals surface area contributed by atoms with Crippen molar-refractivity contribution in [2.45, 2.75) is 25.6 Å². The fourth-order valence-corrected chi connectivity index (χ4v) is 4.34. The van der Waals surface area contributed by atoms with Gasteiger partial charge in [0.2, 0.25) is 11.8 Å². The predicted octanol–water partition coefficient (Wildman–Crippen LogP) is 5.98. The number of nitrogens with one attached hydrogen (secondary N) is 1. The molecule has 1 N–H and O–H groups in total. The highest BCUT2D eigenvalue weighted by Crippen LogP contribution is 2.26. The van der Waals surface area contributed by atoms with Gasteiger partial charge in [0.05, 0.1) is 13.5 Å². The molecule has 0 aromatic heterocycles. The third-order valence-electron chi connectivity index (χ3n) is 6.11. The second-order valence-electron chi connectivity index (χ2n) is 8.65. The molecule has 0 heterocycles. The van der Waals surface area contributed by atoms with Gasteiger partial charge in [0, 0.05) is 23.7 Å². The van der Waals surface area contributed by atoms with E-state index in [1.54, 1.807) is 24.1 Å². The van der Waals surface area contributed by atoms with Gasteiger partial charge in [-0.05, 0) is 34.9 Å². The molecule has 1 atom stereocenters. The molecule has 0 aliphatic heterocycles. The summed E-state index contributed by atoms with van der Waals surface area (Å²) < 4.78 is 5.44. The minimum absolute atomic E-state index is 0.146. The second kappa shape index (κ2) is 12.7. The molecule has 0 bridgehead atoms. The molecule has 2 amide bonds. The highest BCUT2D eigenvalue weighted by atomic mass is 35.5. The summed E-state index contributed by atoms with van der Waals surface area (Å²) in [6.07, 6.45) is 0.146. The van der Waals surface area contributed by atoms with E-state index in [2.05, 4.69) is 5.32 Å². The number of methoxy groups -OCH3 is 1. The van der Waals surface area contributed by atoms with E-state index in [4.69, 9.17) is 16.3 Å². The zero-order valence-corrected chi connectivity index (χ0v) is 21.4. The van der Waals surface area contributed by atoms with Gasteiger partial charge in [-0.3, -0.25) is 9.59 Å². The molecule has 37 heavy (non-hydrogen) atoms. The molecule has 6 heteroatoms. The normalized spacial score (nSPS) is 11.4. The number of carbonyl (C=O) groups excluding carboxylic acids is 2. The number of para-hydroxylation sites is 1. The highest BCUT2D eigenvalue weighted by molar-refractivity contribution is 6.30. The van der Waals surface area contributed by atoms with Crippen LogP contribution in [0.25, 0.3) is 0 Å². The maximum Gasteiger partial charge on any atom is 0.247 e. The van der Waals surface area contributed by atoms with Gasteiger partial charge in [-0.2, -0.15) is 0 Å². The van der Waals surface area contributed by atoms with Crippen molar-refractivity contribution >= 4 is 23.4 Å². The summed E-state index contributed by atoms with van der Waals surface area (Å²) in [5.74, 6) is 0.268. The number of hydrogen-bond donors (Lipinski definition) is 1. The Morgan fingerprint density at radius 3 is 2.11 bits per heavy atom. The Morgan fingerprint density at radius 2 is 1.43 bits per heavy atom. The number of halogens is 1. The summed E-state index contributed by atoms with van der Waals surface area (Å²) >= 11 is 6.04. The van der Waals surface area contributed by atoms with Crippen LogP contribution < -0.4 is 10.1 Å². The standard InChI is InChI=1S/C31H29ClN2O3/c1-37-28-15-9-8-14-26(28)21-33-31(36)30(25-12-6-3-7-13-25)34(22-24-10-4-2-5-11-24)29(35)20-23-16-18-27(32)19-17-23/h2-19,30H,20-22H2,1H3,(H,33,36)/t30-/m0/s1. The first-order valence-corrected chi connectivity index (χ1v) is 12.5. The summed E-state index contributed by atoms with van der Waals surface area (Å²) in [6.45, 7) is 0.561. The Morgan fingerprint density at radius 1 is 0.811 bits per heavy atom. The topological polar surface area (TPSA) is 58.6 Å². The van der Waals surface area contributed by atoms with Crippen LogP contribution in [0.2, 0.25) is 5.02 Å². The van der Waals surface area contributed by atoms with Crippen LogP contribution in [0, 0.1) is 0 Å². The Kier molecular flexibility index (Phi) is 8.95. The Balaban J connectivity index is 1.66. The van der Waals surface area contributed by atoms with Gasteiger partial charge in [-0.1, -0.05) is 103 Å². The minimum atomic E-state index is -0.823. The quantitative estimate of drug-likeness (QED) is 0.284. The summed E-state index contributed by atoms with van der Waals surface area (Å²) in [6, 6.07) is 33.0. The van der Waals surface area contributed by atoms with Crippen molar-refractivity contribution in [3.8, 4) is 5.75 Å². The van der Waals surface area contributed by atoms with Crippen molar-refractivity contribution in [1.82, 2.24) is 10.2 Å². The number of carbonyl (C=O) groups is 2. The lowest BCUT2D eigenvalue weighted by Gasteiger charge is -2.32. The van der Waals surface area contributed by atoms with Gasteiger partial charge < -0.3 is 15.0 Å². The zero-order chi connectivity index (χ0) is 26.0. The molecule has 4 aromatic rings. The fourth-order valence-electron chi connectivity index (χ4n) is 4.22. The molecule has 188 valence electrons. The SMILES string of the molecule is COc1ccccc1CNC(=O)[C@H](c1ccccc1)N(Cc1ccccc1)C(=O)Cc1ccc(Cl)cc1. The maximum atomic E-state index is 13.8. The summed E-state index contributed by atoms with van der Waals surface area (Å²) in [5.41, 5.74) is 3.35. The van der Waals surface area contributed by atoms with Crippen LogP contribution >= 0.6 is 11.6 Å². The molecular formula is C31H29ClN2O3. The van der Waals surface area contributed by atoms with Crippen LogP contribution in [0.15, 0.2) is 109 Å². The molecule has 4 rings (SSSR count). The minimum Gasteiger partial charge on any atom is -0.496 e. The number of hydrogen-bond acceptors (Lipinski definition) is 3. The van der Waals surface area contributed by atoms with Gasteiger partial charge in [0.1, 0.15) is 11.8 Å². The second-order valence-corrected chi connectivity index (χ2v) is 9.09. The molecule has 4 aromatic carbocycles. The van der Waals surface area contributed by atoms with Gasteiger partial charge in [0.15, 0.2) is 0 Å². The smallest absolute Gasteiger partial charge is 0.247 e. The Bertz CT molecular complexity index is 1310. The molecule has 0 saturated carbocycles. The molecule has 5 nitrogen and oxygen atoms in total. The van der Waals surface area contributed by atoms with E-state index >= 15 is 0 Å². The molecule has 0 fully saturated rings. The van der Waals surface area contributed by atoms with Gasteiger partial charge >= 0.3 is 0 Å². The van der Waals surface area contributed by atoms with E-state index in [1.807, 2.05) is 97.1 Å². The summed E-state index contributed by atoms with van der Waals surface area (Å²) in [4.78, 5) is 29.2. The van der Waals surface area contributed by atoms with E-state index in [0.717, 1.165) is 22.3 Å². The Hall–Kier alpha value is -4.09. The number of amides is 2. The van der Waals surface area contributed by atoms with Crippen LogP contribution in [0.4, 0.5) is 0 Å². The van der Waals surface area contributed by atoms with Crippen molar-refractivity contribution in [3.63, 3.8) is 0 Å². The van der Waals surface area contributed by atoms with E-state index in [9.17, 15) is 9.59 Å². The van der Waals surface area contributed by atoms with E-state index < -0.39 is 6.04 Å². The van der Waals surface area contributed by atoms with Crippen molar-refractivity contribution in [1.29, 1.82) is 0 Å². The van der Waals surface area contributed by atoms with E-state index in [0.29, 0.717) is 10.8 Å². The molecule has 0 radical (unpaired) electrons. The van der Waals surface area contributed by atoms with E-state index in [1.165, 1.54) is 0 Å². The van der Waals surface area contributed by atoms with Gasteiger partial charge in [-0.15, -0.1) is 0 Å². The highest BCUT2D eigenvalue weighted by Gasteiger charge is 2.31. The first-order chi connectivity index (χ1) is 18.0. The van der Waals surface area contributed by atoms with Crippen LogP contribution in [0.1, 0.15) is 28.3 Å². The first-order valence-electron chi connectivity index (χ1n) is 12.1. The lowest BCUT2D eigenvalue weighted by Crippen LogP contribution is -2.43. The third kappa shape index (κ3) is 6.99. The average molecular weight is 513 g/mol. The fraction of sp³-hybridized carbons (Fsp3) is 0.161. The lowest BCUT2D eigenvalue weighted by atomic mass is 10.0. The van der Waals surface area contributed by atoms with E-state index in [-0.39, 0.29) is 31.3 Å². The van der Waals surface area contributed by atoms with Gasteiger partial charge in [-0.25, -0.2) is 0 Å². The molecule has 0 spiro atoms. The molecule has 0 aliphatic carbocycles. The van der Waals surface area contributed by atoms with Crippen LogP contribution in [0.3, 0.4) is 0 Å². The molecule has 0 saturated heterocycles. The number of ether oxygens (including phenoxy) is 1. The van der Waals surface area contributed by atoms with Crippen molar-refractivity contribution < 1.29 is 14.3 Å². The first kappa shape index (κ1) is 26.0. The largest absolute Gasteiger partial charge is 0.496 e. The lowest BCUT2D eigenvalue weighted by molar-refractivity contribution is -0.141.